The van der Waals surface area contributed by atoms with Crippen molar-refractivity contribution in [2.24, 2.45) is 5.73 Å². The molecular formula is C12H13F3N4. The highest BCUT2D eigenvalue weighted by molar-refractivity contribution is 5.55. The number of aryl methyl sites for hydroxylation is 1. The van der Waals surface area contributed by atoms with E-state index in [-0.39, 0.29) is 5.82 Å². The molecule has 0 amide bonds. The zero-order chi connectivity index (χ0) is 14.0. The molecule has 0 saturated heterocycles. The summed E-state index contributed by atoms with van der Waals surface area (Å²) in [5, 5.41) is 3.78. The van der Waals surface area contributed by atoms with Gasteiger partial charge in [0.25, 0.3) is 0 Å². The summed E-state index contributed by atoms with van der Waals surface area (Å²) in [7, 11) is 0. The van der Waals surface area contributed by atoms with Crippen LogP contribution >= 0.6 is 0 Å². The largest absolute Gasteiger partial charge is 0.408 e. The maximum absolute atomic E-state index is 12.5. The molecule has 1 heterocycles. The van der Waals surface area contributed by atoms with Gasteiger partial charge in [-0.05, 0) is 12.5 Å². The first-order chi connectivity index (χ1) is 8.89. The monoisotopic (exact) mass is 270 g/mol. The van der Waals surface area contributed by atoms with Crippen LogP contribution in [0, 0.1) is 6.92 Å². The summed E-state index contributed by atoms with van der Waals surface area (Å²) >= 11 is 0. The molecule has 0 bridgehead atoms. The molecule has 1 aromatic carbocycles. The van der Waals surface area contributed by atoms with Crippen molar-refractivity contribution in [3.05, 3.63) is 35.7 Å². The fourth-order valence-electron chi connectivity index (χ4n) is 1.74. The number of rotatable bonds is 3. The zero-order valence-corrected chi connectivity index (χ0v) is 10.3. The number of hydrogen-bond donors (Lipinski definition) is 1. The zero-order valence-electron chi connectivity index (χ0n) is 10.3. The van der Waals surface area contributed by atoms with Crippen molar-refractivity contribution in [2.45, 2.75) is 26.2 Å². The van der Waals surface area contributed by atoms with E-state index in [2.05, 4.69) is 10.1 Å². The molecular weight excluding hydrogens is 257 g/mol. The van der Waals surface area contributed by atoms with Gasteiger partial charge in [0.15, 0.2) is 5.82 Å². The van der Waals surface area contributed by atoms with Crippen LogP contribution in [0.4, 0.5) is 13.2 Å². The van der Waals surface area contributed by atoms with Gasteiger partial charge in [-0.25, -0.2) is 9.67 Å². The molecule has 2 aromatic rings. The molecule has 0 aliphatic carbocycles. The molecule has 0 fully saturated rings. The highest BCUT2D eigenvalue weighted by atomic mass is 19.4. The highest BCUT2D eigenvalue weighted by Crippen LogP contribution is 2.23. The average Bonchev–Trinajstić information content (AvgIpc) is 2.68. The minimum absolute atomic E-state index is 0.207. The second kappa shape index (κ2) is 5.00. The van der Waals surface area contributed by atoms with Crippen molar-refractivity contribution < 1.29 is 13.2 Å². The third-order valence-electron chi connectivity index (χ3n) is 2.55. The highest BCUT2D eigenvalue weighted by Gasteiger charge is 2.30. The van der Waals surface area contributed by atoms with Crippen LogP contribution in [0.3, 0.4) is 0 Å². The van der Waals surface area contributed by atoms with Crippen LogP contribution in [-0.4, -0.2) is 20.9 Å². The molecule has 1 aromatic heterocycles. The van der Waals surface area contributed by atoms with Crippen LogP contribution in [0.5, 0.6) is 0 Å². The van der Waals surface area contributed by atoms with Crippen LogP contribution in [0.1, 0.15) is 11.4 Å². The molecule has 4 nitrogen and oxygen atoms in total. The number of aromatic nitrogens is 3. The van der Waals surface area contributed by atoms with E-state index in [0.717, 1.165) is 10.2 Å². The first kappa shape index (κ1) is 13.5. The van der Waals surface area contributed by atoms with E-state index >= 15 is 0 Å². The van der Waals surface area contributed by atoms with Crippen LogP contribution in [0.2, 0.25) is 0 Å². The summed E-state index contributed by atoms with van der Waals surface area (Å²) in [5.74, 6) is 0.514. The van der Waals surface area contributed by atoms with Crippen molar-refractivity contribution in [3.63, 3.8) is 0 Å². The quantitative estimate of drug-likeness (QED) is 0.930. The third-order valence-corrected chi connectivity index (χ3v) is 2.55. The predicted molar refractivity (Wildman–Crippen MR) is 64.1 cm³/mol. The molecule has 0 spiro atoms. The summed E-state index contributed by atoms with van der Waals surface area (Å²) in [6.45, 7) is 0.793. The molecule has 7 heteroatoms. The van der Waals surface area contributed by atoms with E-state index < -0.39 is 12.7 Å². The third kappa shape index (κ3) is 3.31. The molecule has 0 radical (unpaired) electrons. The second-order valence-electron chi connectivity index (χ2n) is 4.16. The van der Waals surface area contributed by atoms with E-state index in [1.807, 2.05) is 0 Å². The SMILES string of the molecule is Cc1nc(-c2ccc(CN)cc2)n(CC(F)(F)F)n1. The number of alkyl halides is 3. The Kier molecular flexibility index (Phi) is 3.57. The standard InChI is InChI=1S/C12H13F3N4/c1-8-17-11(19(18-8)7-12(13,14)15)10-4-2-9(6-16)3-5-10/h2-5H,6-7,16H2,1H3. The summed E-state index contributed by atoms with van der Waals surface area (Å²) in [4.78, 5) is 4.04. The lowest BCUT2D eigenvalue weighted by atomic mass is 10.1. The summed E-state index contributed by atoms with van der Waals surface area (Å²) in [6.07, 6.45) is -4.33. The van der Waals surface area contributed by atoms with Crippen molar-refractivity contribution >= 4 is 0 Å². The Labute approximate surface area is 108 Å². The Hall–Kier alpha value is -1.89. The Balaban J connectivity index is 2.37. The minimum Gasteiger partial charge on any atom is -0.326 e. The number of nitrogens with two attached hydrogens (primary N) is 1. The first-order valence-electron chi connectivity index (χ1n) is 5.66. The molecule has 2 N–H and O–H groups in total. The molecule has 19 heavy (non-hydrogen) atoms. The van der Waals surface area contributed by atoms with Gasteiger partial charge in [0.1, 0.15) is 12.4 Å². The van der Waals surface area contributed by atoms with Gasteiger partial charge in [-0.15, -0.1) is 0 Å². The number of nitrogens with zero attached hydrogens (tertiary/aromatic N) is 3. The van der Waals surface area contributed by atoms with E-state index in [0.29, 0.717) is 17.9 Å². The van der Waals surface area contributed by atoms with Gasteiger partial charge in [0.2, 0.25) is 0 Å². The van der Waals surface area contributed by atoms with Crippen LogP contribution < -0.4 is 5.73 Å². The van der Waals surface area contributed by atoms with Crippen LogP contribution in [0.15, 0.2) is 24.3 Å². The molecule has 0 saturated carbocycles. The normalized spacial score (nSPS) is 11.8. The lowest BCUT2D eigenvalue weighted by Crippen LogP contribution is -2.19. The first-order valence-corrected chi connectivity index (χ1v) is 5.66. The topological polar surface area (TPSA) is 56.7 Å². The minimum atomic E-state index is -4.33. The van der Waals surface area contributed by atoms with Crippen molar-refractivity contribution in [3.8, 4) is 11.4 Å². The smallest absolute Gasteiger partial charge is 0.326 e. The maximum atomic E-state index is 12.5. The van der Waals surface area contributed by atoms with Gasteiger partial charge in [0, 0.05) is 12.1 Å². The Bertz CT molecular complexity index is 557. The molecule has 0 aliphatic rings. The Morgan fingerprint density at radius 1 is 1.21 bits per heavy atom. The summed E-state index contributed by atoms with van der Waals surface area (Å²) in [6, 6.07) is 6.91. The average molecular weight is 270 g/mol. The van der Waals surface area contributed by atoms with Gasteiger partial charge < -0.3 is 5.73 Å². The van der Waals surface area contributed by atoms with Gasteiger partial charge in [0.05, 0.1) is 0 Å². The van der Waals surface area contributed by atoms with E-state index in [4.69, 9.17) is 5.73 Å². The fourth-order valence-corrected chi connectivity index (χ4v) is 1.74. The summed E-state index contributed by atoms with van der Waals surface area (Å²) in [5.41, 5.74) is 6.96. The lowest BCUT2D eigenvalue weighted by molar-refractivity contribution is -0.142. The van der Waals surface area contributed by atoms with Gasteiger partial charge in [-0.1, -0.05) is 24.3 Å². The van der Waals surface area contributed by atoms with Crippen molar-refractivity contribution in [2.75, 3.05) is 0 Å². The van der Waals surface area contributed by atoms with Crippen LogP contribution in [-0.2, 0) is 13.1 Å². The molecule has 0 unspecified atom stereocenters. The maximum Gasteiger partial charge on any atom is 0.408 e. The second-order valence-corrected chi connectivity index (χ2v) is 4.16. The van der Waals surface area contributed by atoms with Crippen molar-refractivity contribution in [1.29, 1.82) is 0 Å². The van der Waals surface area contributed by atoms with E-state index in [9.17, 15) is 13.2 Å². The number of halogens is 3. The molecule has 102 valence electrons. The van der Waals surface area contributed by atoms with Crippen LogP contribution in [0.25, 0.3) is 11.4 Å². The van der Waals surface area contributed by atoms with Gasteiger partial charge in [-0.3, -0.25) is 0 Å². The predicted octanol–water partition coefficient (Wildman–Crippen LogP) is 2.27. The number of hydrogen-bond acceptors (Lipinski definition) is 3. The fraction of sp³-hybridized carbons (Fsp3) is 0.333. The summed E-state index contributed by atoms with van der Waals surface area (Å²) < 4.78 is 38.2. The molecule has 2 rings (SSSR count). The van der Waals surface area contributed by atoms with E-state index in [1.54, 1.807) is 31.2 Å². The molecule has 0 aliphatic heterocycles. The lowest BCUT2D eigenvalue weighted by Gasteiger charge is -2.09. The van der Waals surface area contributed by atoms with Gasteiger partial charge in [-0.2, -0.15) is 18.3 Å². The van der Waals surface area contributed by atoms with Gasteiger partial charge >= 0.3 is 6.18 Å². The van der Waals surface area contributed by atoms with E-state index in [1.165, 1.54) is 0 Å². The van der Waals surface area contributed by atoms with Crippen molar-refractivity contribution in [1.82, 2.24) is 14.8 Å². The molecule has 0 atom stereocenters. The Morgan fingerprint density at radius 3 is 2.37 bits per heavy atom. The Morgan fingerprint density at radius 2 is 1.84 bits per heavy atom. The number of benzene rings is 1.